The number of aromatic nitrogens is 1. The highest BCUT2D eigenvalue weighted by Crippen LogP contribution is 2.21. The van der Waals surface area contributed by atoms with Gasteiger partial charge in [0.25, 0.3) is 0 Å². The molecule has 1 aromatic heterocycles. The van der Waals surface area contributed by atoms with Gasteiger partial charge in [-0.15, -0.1) is 12.4 Å². The van der Waals surface area contributed by atoms with Crippen molar-refractivity contribution >= 4 is 52.6 Å². The number of halogens is 1. The van der Waals surface area contributed by atoms with Gasteiger partial charge in [0.1, 0.15) is 6.54 Å². The van der Waals surface area contributed by atoms with Crippen LogP contribution in [0.1, 0.15) is 20.3 Å². The molecule has 0 fully saturated rings. The Morgan fingerprint density at radius 1 is 1.26 bits per heavy atom. The van der Waals surface area contributed by atoms with Crippen LogP contribution in [-0.2, 0) is 16.1 Å². The molecular formula is C19H29ClN4O2S. The Labute approximate surface area is 171 Å². The summed E-state index contributed by atoms with van der Waals surface area (Å²) in [5.41, 5.74) is 7.59. The first-order chi connectivity index (χ1) is 12.5. The van der Waals surface area contributed by atoms with Crippen molar-refractivity contribution in [2.75, 3.05) is 30.4 Å². The molecule has 0 saturated heterocycles. The van der Waals surface area contributed by atoms with Crippen LogP contribution in [0.2, 0.25) is 0 Å². The molecule has 2 amide bonds. The van der Waals surface area contributed by atoms with Gasteiger partial charge in [0.05, 0.1) is 6.04 Å². The zero-order valence-electron chi connectivity index (χ0n) is 16.1. The third kappa shape index (κ3) is 6.16. The molecule has 27 heavy (non-hydrogen) atoms. The third-order valence-corrected chi connectivity index (χ3v) is 5.07. The molecule has 0 unspecified atom stereocenters. The fraction of sp³-hybridized carbons (Fsp3) is 0.474. The third-order valence-electron chi connectivity index (χ3n) is 4.43. The first-order valence-electron chi connectivity index (χ1n) is 8.92. The smallest absolute Gasteiger partial charge is 0.242 e. The molecule has 8 heteroatoms. The fourth-order valence-corrected chi connectivity index (χ4v) is 3.34. The van der Waals surface area contributed by atoms with Crippen molar-refractivity contribution < 1.29 is 9.59 Å². The fourth-order valence-electron chi connectivity index (χ4n) is 2.85. The number of anilines is 1. The van der Waals surface area contributed by atoms with E-state index in [4.69, 9.17) is 5.73 Å². The summed E-state index contributed by atoms with van der Waals surface area (Å²) >= 11 is 1.67. The van der Waals surface area contributed by atoms with E-state index in [1.54, 1.807) is 11.8 Å². The Kier molecular flexibility index (Phi) is 9.69. The molecule has 0 saturated carbocycles. The predicted octanol–water partition coefficient (Wildman–Crippen LogP) is 2.95. The Hall–Kier alpha value is -1.70. The zero-order chi connectivity index (χ0) is 19.1. The van der Waals surface area contributed by atoms with Gasteiger partial charge in [-0.3, -0.25) is 9.59 Å². The number of hydrogen-bond donors (Lipinski definition) is 2. The van der Waals surface area contributed by atoms with Crippen molar-refractivity contribution in [1.82, 2.24) is 9.47 Å². The van der Waals surface area contributed by atoms with Crippen LogP contribution in [-0.4, -0.2) is 52.4 Å². The zero-order valence-corrected chi connectivity index (χ0v) is 17.7. The maximum absolute atomic E-state index is 12.3. The highest BCUT2D eigenvalue weighted by molar-refractivity contribution is 7.98. The lowest BCUT2D eigenvalue weighted by Gasteiger charge is -2.19. The van der Waals surface area contributed by atoms with Crippen LogP contribution in [0, 0.1) is 0 Å². The highest BCUT2D eigenvalue weighted by atomic mass is 35.5. The Balaban J connectivity index is 0.00000364. The van der Waals surface area contributed by atoms with Gasteiger partial charge >= 0.3 is 0 Å². The number of carbonyl (C=O) groups is 2. The summed E-state index contributed by atoms with van der Waals surface area (Å²) in [5, 5.41) is 3.85. The van der Waals surface area contributed by atoms with Crippen molar-refractivity contribution in [3.05, 3.63) is 30.5 Å². The quantitative estimate of drug-likeness (QED) is 0.663. The Bertz CT molecular complexity index is 761. The van der Waals surface area contributed by atoms with Gasteiger partial charge in [-0.05, 0) is 56.5 Å². The molecule has 3 N–H and O–H groups in total. The second kappa shape index (κ2) is 11.2. The van der Waals surface area contributed by atoms with Gasteiger partial charge in [0.15, 0.2) is 0 Å². The molecule has 6 nitrogen and oxygen atoms in total. The number of benzene rings is 1. The molecule has 1 atom stereocenters. The lowest BCUT2D eigenvalue weighted by Crippen LogP contribution is -2.36. The van der Waals surface area contributed by atoms with Crippen molar-refractivity contribution in [3.8, 4) is 0 Å². The van der Waals surface area contributed by atoms with E-state index in [1.807, 2.05) is 60.0 Å². The molecular weight excluding hydrogens is 384 g/mol. The second-order valence-corrected chi connectivity index (χ2v) is 7.15. The van der Waals surface area contributed by atoms with E-state index in [2.05, 4.69) is 5.32 Å². The normalized spacial score (nSPS) is 11.7. The van der Waals surface area contributed by atoms with E-state index in [0.717, 1.165) is 22.3 Å². The molecule has 0 radical (unpaired) electrons. The van der Waals surface area contributed by atoms with E-state index < -0.39 is 6.04 Å². The number of thioether (sulfide) groups is 1. The number of nitrogens with zero attached hydrogens (tertiary/aromatic N) is 2. The van der Waals surface area contributed by atoms with Crippen LogP contribution in [0.25, 0.3) is 10.9 Å². The number of fused-ring (bicyclic) bond motifs is 1. The summed E-state index contributed by atoms with van der Waals surface area (Å²) in [6.07, 6.45) is 4.55. The van der Waals surface area contributed by atoms with Crippen molar-refractivity contribution in [2.24, 2.45) is 5.73 Å². The first-order valence-corrected chi connectivity index (χ1v) is 10.3. The minimum Gasteiger partial charge on any atom is -0.342 e. The van der Waals surface area contributed by atoms with E-state index in [-0.39, 0.29) is 24.2 Å². The molecule has 1 aromatic carbocycles. The maximum Gasteiger partial charge on any atom is 0.242 e. The predicted molar refractivity (Wildman–Crippen MR) is 117 cm³/mol. The van der Waals surface area contributed by atoms with Crippen LogP contribution >= 0.6 is 24.2 Å². The molecule has 0 spiro atoms. The van der Waals surface area contributed by atoms with Gasteiger partial charge in [-0.1, -0.05) is 0 Å². The minimum absolute atomic E-state index is 0. The number of nitrogens with two attached hydrogens (primary N) is 1. The van der Waals surface area contributed by atoms with E-state index in [1.165, 1.54) is 0 Å². The second-order valence-electron chi connectivity index (χ2n) is 6.16. The highest BCUT2D eigenvalue weighted by Gasteiger charge is 2.14. The lowest BCUT2D eigenvalue weighted by molar-refractivity contribution is -0.131. The number of likely N-dealkylation sites (N-methyl/N-ethyl adjacent to an activating group) is 1. The summed E-state index contributed by atoms with van der Waals surface area (Å²) in [7, 11) is 0. The van der Waals surface area contributed by atoms with Crippen LogP contribution in [0.5, 0.6) is 0 Å². The van der Waals surface area contributed by atoms with Gasteiger partial charge in [-0.2, -0.15) is 11.8 Å². The van der Waals surface area contributed by atoms with E-state index >= 15 is 0 Å². The van der Waals surface area contributed by atoms with Crippen molar-refractivity contribution in [1.29, 1.82) is 0 Å². The van der Waals surface area contributed by atoms with Crippen LogP contribution in [0.3, 0.4) is 0 Å². The largest absolute Gasteiger partial charge is 0.342 e. The minimum atomic E-state index is -0.505. The standard InChI is InChI=1S/C19H28N4O2S.ClH/c1-4-22(5-2)18(24)13-23-10-8-14-12-15(6-7-17(14)23)21-19(25)16(20)9-11-26-3;/h6-8,10,12,16H,4-5,9,11,13,20H2,1-3H3,(H,21,25);1H/t16-;/m0./s1. The van der Waals surface area contributed by atoms with Crippen molar-refractivity contribution in [3.63, 3.8) is 0 Å². The number of nitrogens with one attached hydrogen (secondary N) is 1. The molecule has 150 valence electrons. The maximum atomic E-state index is 12.3. The first kappa shape index (κ1) is 23.3. The van der Waals surface area contributed by atoms with Gasteiger partial charge in [0.2, 0.25) is 11.8 Å². The molecule has 1 heterocycles. The SMILES string of the molecule is CCN(CC)C(=O)Cn1ccc2cc(NC(=O)[C@@H](N)CCSC)ccc21.Cl. The monoisotopic (exact) mass is 412 g/mol. The van der Waals surface area contributed by atoms with E-state index in [0.29, 0.717) is 26.1 Å². The molecule has 0 aliphatic rings. The Morgan fingerprint density at radius 3 is 2.59 bits per heavy atom. The topological polar surface area (TPSA) is 80.4 Å². The summed E-state index contributed by atoms with van der Waals surface area (Å²) in [4.78, 5) is 26.3. The summed E-state index contributed by atoms with van der Waals surface area (Å²) in [6, 6.07) is 7.13. The number of carbonyl (C=O) groups excluding carboxylic acids is 2. The molecule has 2 rings (SSSR count). The van der Waals surface area contributed by atoms with Crippen molar-refractivity contribution in [2.45, 2.75) is 32.9 Å². The molecule has 0 aliphatic heterocycles. The molecule has 0 bridgehead atoms. The number of amides is 2. The average molecular weight is 413 g/mol. The van der Waals surface area contributed by atoms with Gasteiger partial charge in [-0.25, -0.2) is 0 Å². The van der Waals surface area contributed by atoms with Crippen LogP contribution in [0.15, 0.2) is 30.5 Å². The Morgan fingerprint density at radius 2 is 1.96 bits per heavy atom. The number of hydrogen-bond acceptors (Lipinski definition) is 4. The van der Waals surface area contributed by atoms with Gasteiger partial charge < -0.3 is 20.5 Å². The summed E-state index contributed by atoms with van der Waals surface area (Å²) in [5.74, 6) is 0.788. The van der Waals surface area contributed by atoms with Crippen LogP contribution < -0.4 is 11.1 Å². The number of rotatable bonds is 9. The van der Waals surface area contributed by atoms with Gasteiger partial charge in [0, 0.05) is 35.9 Å². The molecule has 0 aliphatic carbocycles. The average Bonchev–Trinajstić information content (AvgIpc) is 3.02. The summed E-state index contributed by atoms with van der Waals surface area (Å²) < 4.78 is 1.94. The van der Waals surface area contributed by atoms with E-state index in [9.17, 15) is 9.59 Å². The van der Waals surface area contributed by atoms with Crippen LogP contribution in [0.4, 0.5) is 5.69 Å². The summed E-state index contributed by atoms with van der Waals surface area (Å²) in [6.45, 7) is 5.70. The molecule has 2 aromatic rings. The lowest BCUT2D eigenvalue weighted by atomic mass is 10.2.